The van der Waals surface area contributed by atoms with Crippen LogP contribution in [0, 0.1) is 5.92 Å². The molecule has 0 bridgehead atoms. The molecule has 1 saturated heterocycles. The number of nitrogens with zero attached hydrogens (tertiary/aromatic N) is 1. The van der Waals surface area contributed by atoms with Gasteiger partial charge in [-0.05, 0) is 37.5 Å². The molecule has 4 nitrogen and oxygen atoms in total. The largest absolute Gasteiger partial charge is 0.490 e. The molecule has 1 fully saturated rings. The first-order valence-electron chi connectivity index (χ1n) is 7.50. The Balaban J connectivity index is 0.00000220. The Bertz CT molecular complexity index is 432. The van der Waals surface area contributed by atoms with Crippen LogP contribution in [0.2, 0.25) is 0 Å². The third kappa shape index (κ3) is 4.77. The van der Waals surface area contributed by atoms with E-state index in [4.69, 9.17) is 15.2 Å². The standard InChI is InChI=1S/C16H26N2O2.ClH/c1-4-19-15-7-6-13(8-16(15)20-5-2)10-18-9-12(3)14(17)11-18;/h6-8,12,14H,4-5,9-11,17H2,1-3H3;1H. The van der Waals surface area contributed by atoms with Gasteiger partial charge >= 0.3 is 0 Å². The molecule has 1 aromatic carbocycles. The quantitative estimate of drug-likeness (QED) is 0.877. The summed E-state index contributed by atoms with van der Waals surface area (Å²) in [7, 11) is 0. The molecular formula is C16H27ClN2O2. The van der Waals surface area contributed by atoms with Crippen LogP contribution < -0.4 is 15.2 Å². The molecule has 1 aliphatic rings. The molecule has 1 aliphatic heterocycles. The first-order chi connectivity index (χ1) is 9.63. The van der Waals surface area contributed by atoms with Gasteiger partial charge in [-0.3, -0.25) is 4.90 Å². The number of hydrogen-bond donors (Lipinski definition) is 1. The molecule has 2 unspecified atom stereocenters. The van der Waals surface area contributed by atoms with Gasteiger partial charge in [0.05, 0.1) is 13.2 Å². The van der Waals surface area contributed by atoms with E-state index in [0.717, 1.165) is 31.1 Å². The zero-order valence-corrected chi connectivity index (χ0v) is 14.0. The molecule has 1 heterocycles. The van der Waals surface area contributed by atoms with Crippen LogP contribution in [0.4, 0.5) is 0 Å². The maximum Gasteiger partial charge on any atom is 0.161 e. The van der Waals surface area contributed by atoms with Crippen LogP contribution in [0.5, 0.6) is 11.5 Å². The maximum absolute atomic E-state index is 6.08. The van der Waals surface area contributed by atoms with Crippen LogP contribution in [0.25, 0.3) is 0 Å². The Morgan fingerprint density at radius 2 is 1.81 bits per heavy atom. The van der Waals surface area contributed by atoms with E-state index >= 15 is 0 Å². The summed E-state index contributed by atoms with van der Waals surface area (Å²) in [6, 6.07) is 6.50. The highest BCUT2D eigenvalue weighted by Crippen LogP contribution is 2.29. The molecule has 0 saturated carbocycles. The molecular weight excluding hydrogens is 288 g/mol. The van der Waals surface area contributed by atoms with Gasteiger partial charge in [-0.2, -0.15) is 0 Å². The first kappa shape index (κ1) is 18.1. The summed E-state index contributed by atoms with van der Waals surface area (Å²) in [5, 5.41) is 0. The summed E-state index contributed by atoms with van der Waals surface area (Å²) in [6.07, 6.45) is 0. The second-order valence-corrected chi connectivity index (χ2v) is 5.48. The number of benzene rings is 1. The van der Waals surface area contributed by atoms with Crippen molar-refractivity contribution in [3.05, 3.63) is 23.8 Å². The van der Waals surface area contributed by atoms with Crippen molar-refractivity contribution < 1.29 is 9.47 Å². The van der Waals surface area contributed by atoms with Crippen LogP contribution in [0.3, 0.4) is 0 Å². The van der Waals surface area contributed by atoms with Crippen molar-refractivity contribution >= 4 is 12.4 Å². The number of hydrogen-bond acceptors (Lipinski definition) is 4. The average molecular weight is 315 g/mol. The van der Waals surface area contributed by atoms with Gasteiger partial charge in [-0.1, -0.05) is 13.0 Å². The third-order valence-corrected chi connectivity index (χ3v) is 3.76. The Kier molecular flexibility index (Phi) is 7.29. The molecule has 2 atom stereocenters. The predicted molar refractivity (Wildman–Crippen MR) is 88.4 cm³/mol. The van der Waals surface area contributed by atoms with Crippen molar-refractivity contribution in [2.45, 2.75) is 33.4 Å². The van der Waals surface area contributed by atoms with Gasteiger partial charge < -0.3 is 15.2 Å². The number of rotatable bonds is 6. The Labute approximate surface area is 134 Å². The lowest BCUT2D eigenvalue weighted by Gasteiger charge is -2.17. The van der Waals surface area contributed by atoms with Crippen molar-refractivity contribution in [2.75, 3.05) is 26.3 Å². The zero-order valence-electron chi connectivity index (χ0n) is 13.2. The summed E-state index contributed by atoms with van der Waals surface area (Å²) in [4.78, 5) is 2.40. The maximum atomic E-state index is 6.08. The van der Waals surface area contributed by atoms with Gasteiger partial charge in [0.15, 0.2) is 11.5 Å². The van der Waals surface area contributed by atoms with Crippen molar-refractivity contribution in [1.29, 1.82) is 0 Å². The molecule has 0 spiro atoms. The molecule has 0 amide bonds. The lowest BCUT2D eigenvalue weighted by Crippen LogP contribution is -2.28. The number of likely N-dealkylation sites (tertiary alicyclic amines) is 1. The van der Waals surface area contributed by atoms with Crippen molar-refractivity contribution in [3.63, 3.8) is 0 Å². The Morgan fingerprint density at radius 3 is 2.38 bits per heavy atom. The van der Waals surface area contributed by atoms with Crippen molar-refractivity contribution in [3.8, 4) is 11.5 Å². The van der Waals surface area contributed by atoms with E-state index in [1.165, 1.54) is 5.56 Å². The summed E-state index contributed by atoms with van der Waals surface area (Å²) in [5.41, 5.74) is 7.33. The van der Waals surface area contributed by atoms with Crippen LogP contribution in [-0.2, 0) is 6.54 Å². The lowest BCUT2D eigenvalue weighted by atomic mass is 10.1. The smallest absolute Gasteiger partial charge is 0.161 e. The highest BCUT2D eigenvalue weighted by Gasteiger charge is 2.26. The number of ether oxygens (including phenoxy) is 2. The monoisotopic (exact) mass is 314 g/mol. The van der Waals surface area contributed by atoms with Crippen LogP contribution >= 0.6 is 12.4 Å². The lowest BCUT2D eigenvalue weighted by molar-refractivity contribution is 0.285. The van der Waals surface area contributed by atoms with Gasteiger partial charge in [0.1, 0.15) is 0 Å². The van der Waals surface area contributed by atoms with Crippen molar-refractivity contribution in [1.82, 2.24) is 4.90 Å². The van der Waals surface area contributed by atoms with E-state index in [1.54, 1.807) is 0 Å². The van der Waals surface area contributed by atoms with E-state index in [1.807, 2.05) is 19.9 Å². The molecule has 21 heavy (non-hydrogen) atoms. The third-order valence-electron chi connectivity index (χ3n) is 3.76. The highest BCUT2D eigenvalue weighted by molar-refractivity contribution is 5.85. The van der Waals surface area contributed by atoms with Gasteiger partial charge in [0.25, 0.3) is 0 Å². The van der Waals surface area contributed by atoms with Gasteiger partial charge in [-0.15, -0.1) is 12.4 Å². The van der Waals surface area contributed by atoms with E-state index in [9.17, 15) is 0 Å². The minimum absolute atomic E-state index is 0. The summed E-state index contributed by atoms with van der Waals surface area (Å²) in [5.74, 6) is 2.23. The number of halogens is 1. The van der Waals surface area contributed by atoms with Crippen LogP contribution in [0.15, 0.2) is 18.2 Å². The zero-order chi connectivity index (χ0) is 14.5. The Morgan fingerprint density at radius 1 is 1.14 bits per heavy atom. The second kappa shape index (κ2) is 8.47. The molecule has 1 aromatic rings. The molecule has 0 radical (unpaired) electrons. The van der Waals surface area contributed by atoms with Gasteiger partial charge in [0, 0.05) is 25.7 Å². The van der Waals surface area contributed by atoms with Gasteiger partial charge in [0.2, 0.25) is 0 Å². The minimum Gasteiger partial charge on any atom is -0.490 e. The molecule has 0 aliphatic carbocycles. The summed E-state index contributed by atoms with van der Waals surface area (Å²) >= 11 is 0. The second-order valence-electron chi connectivity index (χ2n) is 5.48. The SMILES string of the molecule is CCOc1ccc(CN2CC(C)C(N)C2)cc1OCC.Cl. The molecule has 120 valence electrons. The fraction of sp³-hybridized carbons (Fsp3) is 0.625. The Hall–Kier alpha value is -0.970. The van der Waals surface area contributed by atoms with Crippen molar-refractivity contribution in [2.24, 2.45) is 11.7 Å². The topological polar surface area (TPSA) is 47.7 Å². The van der Waals surface area contributed by atoms with Crippen LogP contribution in [0.1, 0.15) is 26.3 Å². The first-order valence-corrected chi connectivity index (χ1v) is 7.50. The molecule has 2 N–H and O–H groups in total. The fourth-order valence-electron chi connectivity index (χ4n) is 2.68. The normalized spacial score (nSPS) is 21.9. The average Bonchev–Trinajstić information content (AvgIpc) is 2.72. The minimum atomic E-state index is 0. The molecule has 0 aromatic heterocycles. The molecule has 2 rings (SSSR count). The highest BCUT2D eigenvalue weighted by atomic mass is 35.5. The van der Waals surface area contributed by atoms with Crippen LogP contribution in [-0.4, -0.2) is 37.2 Å². The van der Waals surface area contributed by atoms with E-state index in [2.05, 4.69) is 24.0 Å². The van der Waals surface area contributed by atoms with E-state index in [0.29, 0.717) is 25.2 Å². The predicted octanol–water partition coefficient (Wildman–Crippen LogP) is 2.68. The van der Waals surface area contributed by atoms with E-state index in [-0.39, 0.29) is 12.4 Å². The number of nitrogens with two attached hydrogens (primary N) is 1. The van der Waals surface area contributed by atoms with E-state index < -0.39 is 0 Å². The fourth-order valence-corrected chi connectivity index (χ4v) is 2.68. The summed E-state index contributed by atoms with van der Waals surface area (Å²) in [6.45, 7) is 10.4. The molecule has 5 heteroatoms. The van der Waals surface area contributed by atoms with Gasteiger partial charge in [-0.25, -0.2) is 0 Å². The summed E-state index contributed by atoms with van der Waals surface area (Å²) < 4.78 is 11.3.